The summed E-state index contributed by atoms with van der Waals surface area (Å²) < 4.78 is 25.4. The fourth-order valence-electron chi connectivity index (χ4n) is 4.91. The third kappa shape index (κ3) is 4.68. The van der Waals surface area contributed by atoms with Gasteiger partial charge in [0.05, 0.1) is 17.9 Å². The molecule has 35 heavy (non-hydrogen) atoms. The predicted octanol–water partition coefficient (Wildman–Crippen LogP) is 3.93. The maximum absolute atomic E-state index is 13.7. The Morgan fingerprint density at radius 3 is 2.74 bits per heavy atom. The van der Waals surface area contributed by atoms with Crippen molar-refractivity contribution in [1.29, 1.82) is 0 Å². The van der Waals surface area contributed by atoms with Gasteiger partial charge in [-0.15, -0.1) is 0 Å². The molecule has 7 nitrogen and oxygen atoms in total. The summed E-state index contributed by atoms with van der Waals surface area (Å²) in [7, 11) is 0. The number of fused-ring (bicyclic) bond motifs is 1. The molecule has 2 aromatic rings. The smallest absolute Gasteiger partial charge is 0.260 e. The number of carbonyl (C=O) groups is 1. The Morgan fingerprint density at radius 1 is 1.17 bits per heavy atom. The van der Waals surface area contributed by atoms with Gasteiger partial charge in [0.25, 0.3) is 5.91 Å². The molecule has 0 bridgehead atoms. The second-order valence-corrected chi connectivity index (χ2v) is 9.48. The lowest BCUT2D eigenvalue weighted by molar-refractivity contribution is -0.111. The third-order valence-corrected chi connectivity index (χ3v) is 6.77. The number of amides is 1. The molecule has 0 unspecified atom stereocenters. The summed E-state index contributed by atoms with van der Waals surface area (Å²) in [4.78, 5) is 22.1. The van der Waals surface area contributed by atoms with E-state index in [0.717, 1.165) is 62.9 Å². The van der Waals surface area contributed by atoms with Gasteiger partial charge in [-0.1, -0.05) is 0 Å². The molecular weight excluding hydrogens is 447 g/mol. The molecule has 1 aromatic heterocycles. The lowest BCUT2D eigenvalue weighted by Gasteiger charge is -2.35. The number of ether oxygens (including phenoxy) is 2. The number of rotatable bonds is 6. The van der Waals surface area contributed by atoms with E-state index in [2.05, 4.69) is 26.2 Å². The lowest BCUT2D eigenvalue weighted by Crippen LogP contribution is -2.47. The third-order valence-electron chi connectivity index (χ3n) is 6.77. The Labute approximate surface area is 205 Å². The quantitative estimate of drug-likeness (QED) is 0.501. The van der Waals surface area contributed by atoms with Crippen molar-refractivity contribution < 1.29 is 18.7 Å². The summed E-state index contributed by atoms with van der Waals surface area (Å²) >= 11 is 0. The Bertz CT molecular complexity index is 1200. The Kier molecular flexibility index (Phi) is 6.34. The second kappa shape index (κ2) is 9.43. The molecule has 8 heteroatoms. The first kappa shape index (κ1) is 23.5. The zero-order chi connectivity index (χ0) is 24.6. The van der Waals surface area contributed by atoms with Gasteiger partial charge in [0, 0.05) is 56.7 Å². The van der Waals surface area contributed by atoms with Crippen molar-refractivity contribution in [2.45, 2.75) is 26.4 Å². The Morgan fingerprint density at radius 2 is 1.97 bits per heavy atom. The van der Waals surface area contributed by atoms with Crippen molar-refractivity contribution in [3.8, 4) is 0 Å². The number of pyridine rings is 1. The highest BCUT2D eigenvalue weighted by molar-refractivity contribution is 6.32. The Hall–Kier alpha value is -3.23. The Balaban J connectivity index is 1.39. The topological polar surface area (TPSA) is 66.9 Å². The van der Waals surface area contributed by atoms with E-state index in [-0.39, 0.29) is 5.91 Å². The van der Waals surface area contributed by atoms with Crippen LogP contribution in [0.1, 0.15) is 31.9 Å². The molecule has 1 N–H and O–H groups in total. The highest BCUT2D eigenvalue weighted by Crippen LogP contribution is 2.44. The van der Waals surface area contributed by atoms with Crippen molar-refractivity contribution >= 4 is 28.6 Å². The standard InChI is InChI=1S/C27H31FN4O3/c1-4-34-14-13-31-9-11-32(12-10-31)24-15-18(7-8-29-24)21-17-23(35-27(21,2)3)25-20-6-5-19(28)16-22(20)30-26(25)33/h5-8,15-17H,4,9-14H2,1-3H3,(H,30,33). The molecular formula is C27H31FN4O3. The van der Waals surface area contributed by atoms with Gasteiger partial charge in [-0.25, -0.2) is 9.37 Å². The van der Waals surface area contributed by atoms with Crippen molar-refractivity contribution in [1.82, 2.24) is 9.88 Å². The molecule has 0 aliphatic carbocycles. The summed E-state index contributed by atoms with van der Waals surface area (Å²) in [6, 6.07) is 8.38. The number of hydrogen-bond acceptors (Lipinski definition) is 6. The lowest BCUT2D eigenvalue weighted by atomic mass is 9.92. The zero-order valence-corrected chi connectivity index (χ0v) is 20.4. The van der Waals surface area contributed by atoms with Gasteiger partial charge in [0.15, 0.2) is 0 Å². The highest BCUT2D eigenvalue weighted by atomic mass is 19.1. The number of benzene rings is 1. The van der Waals surface area contributed by atoms with Crippen LogP contribution in [0.2, 0.25) is 0 Å². The van der Waals surface area contributed by atoms with E-state index in [0.29, 0.717) is 22.6 Å². The van der Waals surface area contributed by atoms with E-state index in [9.17, 15) is 9.18 Å². The van der Waals surface area contributed by atoms with Gasteiger partial charge >= 0.3 is 0 Å². The molecule has 1 fully saturated rings. The van der Waals surface area contributed by atoms with E-state index in [1.165, 1.54) is 12.1 Å². The van der Waals surface area contributed by atoms with Crippen molar-refractivity contribution in [2.24, 2.45) is 0 Å². The molecule has 1 aromatic carbocycles. The monoisotopic (exact) mass is 478 g/mol. The van der Waals surface area contributed by atoms with Crippen molar-refractivity contribution in [2.75, 3.05) is 56.2 Å². The minimum absolute atomic E-state index is 0.286. The van der Waals surface area contributed by atoms with Crippen LogP contribution in [0.4, 0.5) is 15.9 Å². The normalized spacial score (nSPS) is 21.5. The van der Waals surface area contributed by atoms with Crippen LogP contribution in [0.3, 0.4) is 0 Å². The SMILES string of the molecule is CCOCCN1CCN(c2cc(C3=CC(=C4C(=O)Nc5cc(F)ccc54)OC3(C)C)ccn2)CC1. The van der Waals surface area contributed by atoms with E-state index < -0.39 is 11.4 Å². The molecule has 4 heterocycles. The molecule has 3 aliphatic heterocycles. The van der Waals surface area contributed by atoms with Gasteiger partial charge in [0.1, 0.15) is 23.0 Å². The van der Waals surface area contributed by atoms with E-state index in [4.69, 9.17) is 9.47 Å². The minimum atomic E-state index is -0.637. The first-order valence-electron chi connectivity index (χ1n) is 12.1. The first-order valence-corrected chi connectivity index (χ1v) is 12.1. The zero-order valence-electron chi connectivity index (χ0n) is 20.4. The van der Waals surface area contributed by atoms with Crippen LogP contribution < -0.4 is 10.2 Å². The van der Waals surface area contributed by atoms with Gasteiger partial charge in [-0.05, 0) is 62.7 Å². The number of anilines is 2. The number of piperazine rings is 1. The summed E-state index contributed by atoms with van der Waals surface area (Å²) in [6.07, 6.45) is 3.76. The molecule has 1 amide bonds. The van der Waals surface area contributed by atoms with Crippen LogP contribution in [0.5, 0.6) is 0 Å². The van der Waals surface area contributed by atoms with Crippen LogP contribution in [0.25, 0.3) is 11.1 Å². The molecule has 184 valence electrons. The maximum atomic E-state index is 13.7. The number of aromatic nitrogens is 1. The maximum Gasteiger partial charge on any atom is 0.260 e. The number of hydrogen-bond donors (Lipinski definition) is 1. The number of nitrogens with zero attached hydrogens (tertiary/aromatic N) is 3. The minimum Gasteiger partial charge on any atom is -0.482 e. The summed E-state index contributed by atoms with van der Waals surface area (Å²) in [6.45, 7) is 12.2. The number of allylic oxidation sites excluding steroid dienone is 1. The number of nitrogens with one attached hydrogen (secondary N) is 1. The second-order valence-electron chi connectivity index (χ2n) is 9.48. The average Bonchev–Trinajstić information content (AvgIpc) is 3.33. The fraction of sp³-hybridized carbons (Fsp3) is 0.407. The fourth-order valence-corrected chi connectivity index (χ4v) is 4.91. The van der Waals surface area contributed by atoms with Gasteiger partial charge in [-0.2, -0.15) is 0 Å². The summed E-state index contributed by atoms with van der Waals surface area (Å²) in [5.41, 5.74) is 2.89. The van der Waals surface area contributed by atoms with Gasteiger partial charge < -0.3 is 19.7 Å². The largest absolute Gasteiger partial charge is 0.482 e. The molecule has 1 saturated heterocycles. The first-order chi connectivity index (χ1) is 16.9. The molecule has 0 radical (unpaired) electrons. The van der Waals surface area contributed by atoms with E-state index in [1.807, 2.05) is 39.1 Å². The number of halogens is 1. The van der Waals surface area contributed by atoms with Gasteiger partial charge in [0.2, 0.25) is 0 Å². The molecule has 0 atom stereocenters. The predicted molar refractivity (Wildman–Crippen MR) is 134 cm³/mol. The van der Waals surface area contributed by atoms with Crippen LogP contribution in [-0.2, 0) is 14.3 Å². The van der Waals surface area contributed by atoms with Crippen LogP contribution >= 0.6 is 0 Å². The highest BCUT2D eigenvalue weighted by Gasteiger charge is 2.38. The summed E-state index contributed by atoms with van der Waals surface area (Å²) in [5, 5.41) is 2.74. The molecule has 0 spiro atoms. The van der Waals surface area contributed by atoms with Crippen LogP contribution in [-0.4, -0.2) is 67.3 Å². The van der Waals surface area contributed by atoms with Crippen molar-refractivity contribution in [3.05, 3.63) is 65.3 Å². The number of carbonyl (C=O) groups excluding carboxylic acids is 1. The average molecular weight is 479 g/mol. The van der Waals surface area contributed by atoms with Crippen LogP contribution in [0.15, 0.2) is 48.4 Å². The van der Waals surface area contributed by atoms with Crippen molar-refractivity contribution in [3.63, 3.8) is 0 Å². The molecule has 0 saturated carbocycles. The molecule has 5 rings (SSSR count). The van der Waals surface area contributed by atoms with E-state index in [1.54, 1.807) is 6.07 Å². The van der Waals surface area contributed by atoms with Gasteiger partial charge in [-0.3, -0.25) is 9.69 Å². The molecule has 3 aliphatic rings. The van der Waals surface area contributed by atoms with Crippen LogP contribution in [0, 0.1) is 5.82 Å². The summed E-state index contributed by atoms with van der Waals surface area (Å²) in [5.74, 6) is 0.753. The van der Waals surface area contributed by atoms with E-state index >= 15 is 0 Å².